The van der Waals surface area contributed by atoms with E-state index < -0.39 is 17.7 Å². The van der Waals surface area contributed by atoms with Gasteiger partial charge in [-0.25, -0.2) is 13.6 Å². The molecule has 0 heterocycles. The lowest BCUT2D eigenvalue weighted by atomic mass is 10.1. The zero-order valence-corrected chi connectivity index (χ0v) is 13.4. The summed E-state index contributed by atoms with van der Waals surface area (Å²) in [5, 5.41) is 2.63. The van der Waals surface area contributed by atoms with Crippen LogP contribution in [0.3, 0.4) is 0 Å². The fourth-order valence-electron chi connectivity index (χ4n) is 2.09. The number of nitrogens with one attached hydrogen (secondary N) is 1. The SMILES string of the molecule is Cc1c(C=CCCNC(=O)OCc2ccccc2)ccc(F)c1F. The molecule has 1 amide bonds. The molecule has 2 aromatic rings. The molecule has 0 fully saturated rings. The number of rotatable bonds is 6. The average Bonchev–Trinajstić information content (AvgIpc) is 2.60. The number of hydrogen-bond acceptors (Lipinski definition) is 2. The Labute approximate surface area is 140 Å². The van der Waals surface area contributed by atoms with Gasteiger partial charge < -0.3 is 10.1 Å². The van der Waals surface area contributed by atoms with Gasteiger partial charge in [0, 0.05) is 6.54 Å². The normalized spacial score (nSPS) is 10.8. The molecule has 2 aromatic carbocycles. The molecule has 0 radical (unpaired) electrons. The molecule has 0 aliphatic carbocycles. The third kappa shape index (κ3) is 5.19. The molecule has 1 N–H and O–H groups in total. The van der Waals surface area contributed by atoms with E-state index in [9.17, 15) is 13.6 Å². The Hall–Kier alpha value is -2.69. The smallest absolute Gasteiger partial charge is 0.407 e. The lowest BCUT2D eigenvalue weighted by Gasteiger charge is -2.06. The molecule has 5 heteroatoms. The highest BCUT2D eigenvalue weighted by Crippen LogP contribution is 2.17. The van der Waals surface area contributed by atoms with E-state index in [4.69, 9.17) is 4.74 Å². The summed E-state index contributed by atoms with van der Waals surface area (Å²) >= 11 is 0. The van der Waals surface area contributed by atoms with Crippen LogP contribution in [-0.4, -0.2) is 12.6 Å². The predicted molar refractivity (Wildman–Crippen MR) is 89.4 cm³/mol. The summed E-state index contributed by atoms with van der Waals surface area (Å²) in [6, 6.07) is 12.0. The van der Waals surface area contributed by atoms with Gasteiger partial charge in [0.25, 0.3) is 0 Å². The second-order valence-corrected chi connectivity index (χ2v) is 5.26. The first kappa shape index (κ1) is 17.7. The van der Waals surface area contributed by atoms with Crippen molar-refractivity contribution in [1.29, 1.82) is 0 Å². The van der Waals surface area contributed by atoms with Gasteiger partial charge in [0.15, 0.2) is 11.6 Å². The molecule has 24 heavy (non-hydrogen) atoms. The fourth-order valence-corrected chi connectivity index (χ4v) is 2.09. The molecule has 0 atom stereocenters. The quantitative estimate of drug-likeness (QED) is 0.786. The minimum Gasteiger partial charge on any atom is -0.445 e. The Kier molecular flexibility index (Phi) is 6.49. The van der Waals surface area contributed by atoms with Gasteiger partial charge in [0.1, 0.15) is 6.61 Å². The maximum Gasteiger partial charge on any atom is 0.407 e. The molecule has 0 saturated carbocycles. The molecule has 0 bridgehead atoms. The minimum absolute atomic E-state index is 0.219. The molecular weight excluding hydrogens is 312 g/mol. The molecule has 3 nitrogen and oxygen atoms in total. The van der Waals surface area contributed by atoms with E-state index in [-0.39, 0.29) is 12.2 Å². The van der Waals surface area contributed by atoms with Gasteiger partial charge in [-0.3, -0.25) is 0 Å². The van der Waals surface area contributed by atoms with Crippen molar-refractivity contribution >= 4 is 12.2 Å². The van der Waals surface area contributed by atoms with Crippen LogP contribution in [-0.2, 0) is 11.3 Å². The van der Waals surface area contributed by atoms with Crippen molar-refractivity contribution < 1.29 is 18.3 Å². The highest BCUT2D eigenvalue weighted by Gasteiger charge is 2.07. The Bertz CT molecular complexity index is 715. The molecule has 0 unspecified atom stereocenters. The summed E-state index contributed by atoms with van der Waals surface area (Å²) in [5.41, 5.74) is 1.79. The summed E-state index contributed by atoms with van der Waals surface area (Å²) in [4.78, 5) is 11.5. The van der Waals surface area contributed by atoms with Crippen LogP contribution in [0.1, 0.15) is 23.1 Å². The van der Waals surface area contributed by atoms with Crippen LogP contribution in [0.25, 0.3) is 6.08 Å². The number of hydrogen-bond donors (Lipinski definition) is 1. The van der Waals surface area contributed by atoms with Gasteiger partial charge in [0.2, 0.25) is 0 Å². The molecule has 0 saturated heterocycles. The highest BCUT2D eigenvalue weighted by atomic mass is 19.2. The summed E-state index contributed by atoms with van der Waals surface area (Å²) in [6.45, 7) is 2.14. The van der Waals surface area contributed by atoms with Crippen molar-refractivity contribution in [2.24, 2.45) is 0 Å². The Morgan fingerprint density at radius 3 is 2.67 bits per heavy atom. The monoisotopic (exact) mass is 331 g/mol. The third-order valence-electron chi connectivity index (χ3n) is 3.47. The average molecular weight is 331 g/mol. The van der Waals surface area contributed by atoms with Crippen molar-refractivity contribution in [2.75, 3.05) is 6.54 Å². The van der Waals surface area contributed by atoms with Gasteiger partial charge in [-0.1, -0.05) is 48.6 Å². The first-order valence-electron chi connectivity index (χ1n) is 7.63. The summed E-state index contributed by atoms with van der Waals surface area (Å²) in [5.74, 6) is -1.69. The number of benzene rings is 2. The topological polar surface area (TPSA) is 38.3 Å². The van der Waals surface area contributed by atoms with Crippen LogP contribution in [0.4, 0.5) is 13.6 Å². The molecular formula is C19H19F2NO2. The van der Waals surface area contributed by atoms with Crippen LogP contribution >= 0.6 is 0 Å². The number of carbonyl (C=O) groups excluding carboxylic acids is 1. The Morgan fingerprint density at radius 1 is 1.17 bits per heavy atom. The zero-order valence-electron chi connectivity index (χ0n) is 13.4. The van der Waals surface area contributed by atoms with Crippen molar-refractivity contribution in [3.05, 3.63) is 76.9 Å². The van der Waals surface area contributed by atoms with E-state index in [0.717, 1.165) is 11.6 Å². The van der Waals surface area contributed by atoms with Gasteiger partial charge in [0.05, 0.1) is 0 Å². The Balaban J connectivity index is 1.71. The van der Waals surface area contributed by atoms with E-state index in [2.05, 4.69) is 5.32 Å². The first-order chi connectivity index (χ1) is 11.6. The van der Waals surface area contributed by atoms with E-state index in [0.29, 0.717) is 18.5 Å². The maximum absolute atomic E-state index is 13.4. The lowest BCUT2D eigenvalue weighted by molar-refractivity contribution is 0.140. The van der Waals surface area contributed by atoms with Crippen LogP contribution in [0.5, 0.6) is 0 Å². The molecule has 126 valence electrons. The van der Waals surface area contributed by atoms with Gasteiger partial charge in [-0.05, 0) is 36.1 Å². The molecule has 0 spiro atoms. The van der Waals surface area contributed by atoms with Crippen LogP contribution < -0.4 is 5.32 Å². The summed E-state index contributed by atoms with van der Waals surface area (Å²) in [6.07, 6.45) is 3.56. The Morgan fingerprint density at radius 2 is 1.92 bits per heavy atom. The fraction of sp³-hybridized carbons (Fsp3) is 0.211. The first-order valence-corrected chi connectivity index (χ1v) is 7.63. The lowest BCUT2D eigenvalue weighted by Crippen LogP contribution is -2.24. The van der Waals surface area contributed by atoms with E-state index >= 15 is 0 Å². The number of ether oxygens (including phenoxy) is 1. The van der Waals surface area contributed by atoms with Gasteiger partial charge in [-0.15, -0.1) is 0 Å². The number of halogens is 2. The van der Waals surface area contributed by atoms with Crippen LogP contribution in [0.15, 0.2) is 48.5 Å². The predicted octanol–water partition coefficient (Wildman–Crippen LogP) is 4.60. The molecule has 2 rings (SSSR count). The van der Waals surface area contributed by atoms with Crippen LogP contribution in [0.2, 0.25) is 0 Å². The minimum atomic E-state index is -0.854. The van der Waals surface area contributed by atoms with E-state index in [1.54, 1.807) is 12.2 Å². The summed E-state index contributed by atoms with van der Waals surface area (Å²) in [7, 11) is 0. The standard InChI is InChI=1S/C19H19F2NO2/c1-14-16(10-11-17(20)18(14)21)9-5-6-12-22-19(23)24-13-15-7-3-2-4-8-15/h2-5,7-11H,6,12-13H2,1H3,(H,22,23). The largest absolute Gasteiger partial charge is 0.445 e. The van der Waals surface area contributed by atoms with Crippen molar-refractivity contribution in [2.45, 2.75) is 20.0 Å². The van der Waals surface area contributed by atoms with Gasteiger partial charge in [-0.2, -0.15) is 0 Å². The summed E-state index contributed by atoms with van der Waals surface area (Å²) < 4.78 is 31.5. The number of alkyl carbamates (subject to hydrolysis) is 1. The zero-order chi connectivity index (χ0) is 17.4. The number of amides is 1. The second kappa shape index (κ2) is 8.82. The van der Waals surface area contributed by atoms with E-state index in [1.165, 1.54) is 13.0 Å². The number of carbonyl (C=O) groups is 1. The van der Waals surface area contributed by atoms with Crippen LogP contribution in [0, 0.1) is 18.6 Å². The molecule has 0 aliphatic heterocycles. The maximum atomic E-state index is 13.4. The highest BCUT2D eigenvalue weighted by molar-refractivity contribution is 5.67. The van der Waals surface area contributed by atoms with Gasteiger partial charge >= 0.3 is 6.09 Å². The third-order valence-corrected chi connectivity index (χ3v) is 3.47. The molecule has 0 aliphatic rings. The van der Waals surface area contributed by atoms with Crippen molar-refractivity contribution in [3.8, 4) is 0 Å². The molecule has 0 aromatic heterocycles. The van der Waals surface area contributed by atoms with Crippen molar-refractivity contribution in [1.82, 2.24) is 5.32 Å². The second-order valence-electron chi connectivity index (χ2n) is 5.26. The van der Waals surface area contributed by atoms with Crippen molar-refractivity contribution in [3.63, 3.8) is 0 Å². The van der Waals surface area contributed by atoms with E-state index in [1.807, 2.05) is 30.3 Å².